The molecule has 0 saturated carbocycles. The Morgan fingerprint density at radius 2 is 1.89 bits per heavy atom. The second kappa shape index (κ2) is 9.88. The molecule has 0 bridgehead atoms. The molecular formula is C21H25FN2O2S. The fraction of sp³-hybridized carbons (Fsp3) is 0.381. The summed E-state index contributed by atoms with van der Waals surface area (Å²) in [7, 11) is 0. The number of aryl methyl sites for hydroxylation is 1. The summed E-state index contributed by atoms with van der Waals surface area (Å²) >= 11 is 1.22. The third kappa shape index (κ3) is 5.79. The molecule has 6 heteroatoms. The Labute approximate surface area is 164 Å². The highest BCUT2D eigenvalue weighted by Crippen LogP contribution is 2.23. The molecule has 0 radical (unpaired) electrons. The highest BCUT2D eigenvalue weighted by atomic mass is 32.2. The van der Waals surface area contributed by atoms with Crippen molar-refractivity contribution in [1.29, 1.82) is 0 Å². The van der Waals surface area contributed by atoms with Crippen molar-refractivity contribution in [1.82, 2.24) is 10.2 Å². The lowest BCUT2D eigenvalue weighted by atomic mass is 10.0. The molecule has 0 spiro atoms. The van der Waals surface area contributed by atoms with Gasteiger partial charge in [0, 0.05) is 24.5 Å². The first-order valence-corrected chi connectivity index (χ1v) is 10.1. The van der Waals surface area contributed by atoms with Crippen molar-refractivity contribution in [2.24, 2.45) is 0 Å². The lowest BCUT2D eigenvalue weighted by Crippen LogP contribution is -2.44. The summed E-state index contributed by atoms with van der Waals surface area (Å²) in [6, 6.07) is 15.1. The molecule has 1 unspecified atom stereocenters. The molecule has 0 aliphatic carbocycles. The Kier molecular flexibility index (Phi) is 7.26. The molecule has 1 atom stereocenters. The molecular weight excluding hydrogens is 363 g/mol. The molecule has 1 heterocycles. The van der Waals surface area contributed by atoms with E-state index in [-0.39, 0.29) is 23.5 Å². The normalized spacial score (nSPS) is 16.1. The van der Waals surface area contributed by atoms with E-state index in [1.54, 1.807) is 18.2 Å². The Hall–Kier alpha value is -1.89. The lowest BCUT2D eigenvalue weighted by molar-refractivity contribution is -0.118. The topological polar surface area (TPSA) is 41.6 Å². The van der Waals surface area contributed by atoms with Crippen LogP contribution in [0.2, 0.25) is 0 Å². The molecule has 0 aromatic heterocycles. The number of thioether (sulfide) groups is 1. The van der Waals surface area contributed by atoms with Crippen LogP contribution >= 0.6 is 11.8 Å². The maximum absolute atomic E-state index is 13.7. The number of amides is 1. The number of hydrogen-bond donors (Lipinski definition) is 1. The molecule has 1 aliphatic heterocycles. The number of morpholine rings is 1. The fourth-order valence-corrected chi connectivity index (χ4v) is 3.87. The van der Waals surface area contributed by atoms with Crippen molar-refractivity contribution in [2.45, 2.75) is 17.9 Å². The summed E-state index contributed by atoms with van der Waals surface area (Å²) in [5.74, 6) is -0.181. The van der Waals surface area contributed by atoms with Gasteiger partial charge in [-0.2, -0.15) is 0 Å². The van der Waals surface area contributed by atoms with Crippen molar-refractivity contribution in [3.63, 3.8) is 0 Å². The van der Waals surface area contributed by atoms with Crippen LogP contribution in [0.4, 0.5) is 4.39 Å². The van der Waals surface area contributed by atoms with Gasteiger partial charge >= 0.3 is 0 Å². The predicted octanol–water partition coefficient (Wildman–Crippen LogP) is 3.42. The van der Waals surface area contributed by atoms with Crippen LogP contribution in [0.3, 0.4) is 0 Å². The number of rotatable bonds is 7. The monoisotopic (exact) mass is 388 g/mol. The largest absolute Gasteiger partial charge is 0.379 e. The summed E-state index contributed by atoms with van der Waals surface area (Å²) in [5, 5.41) is 3.02. The minimum absolute atomic E-state index is 0.0892. The van der Waals surface area contributed by atoms with Crippen LogP contribution < -0.4 is 5.32 Å². The SMILES string of the molecule is Cc1ccc(C(CNC(=O)CSc2ccccc2F)N2CCOCC2)cc1. The molecule has 1 saturated heterocycles. The second-order valence-electron chi connectivity index (χ2n) is 6.60. The first-order chi connectivity index (χ1) is 13.1. The molecule has 1 amide bonds. The van der Waals surface area contributed by atoms with E-state index >= 15 is 0 Å². The van der Waals surface area contributed by atoms with Gasteiger partial charge in [-0.1, -0.05) is 42.0 Å². The van der Waals surface area contributed by atoms with E-state index in [0.29, 0.717) is 24.7 Å². The molecule has 144 valence electrons. The summed E-state index contributed by atoms with van der Waals surface area (Å²) in [6.45, 7) is 5.70. The smallest absolute Gasteiger partial charge is 0.230 e. The highest BCUT2D eigenvalue weighted by Gasteiger charge is 2.23. The average molecular weight is 389 g/mol. The Morgan fingerprint density at radius 1 is 1.19 bits per heavy atom. The van der Waals surface area contributed by atoms with Crippen LogP contribution in [0.15, 0.2) is 53.4 Å². The van der Waals surface area contributed by atoms with Crippen molar-refractivity contribution in [3.05, 3.63) is 65.5 Å². The number of carbonyl (C=O) groups is 1. The van der Waals surface area contributed by atoms with Gasteiger partial charge in [0.1, 0.15) is 5.82 Å². The zero-order chi connectivity index (χ0) is 19.1. The van der Waals surface area contributed by atoms with Crippen molar-refractivity contribution >= 4 is 17.7 Å². The molecule has 1 aliphatic rings. The van der Waals surface area contributed by atoms with Gasteiger partial charge in [-0.25, -0.2) is 4.39 Å². The standard InChI is InChI=1S/C21H25FN2O2S/c1-16-6-8-17(9-7-16)19(24-10-12-26-13-11-24)14-23-21(25)15-27-20-5-3-2-4-18(20)22/h2-9,19H,10-15H2,1H3,(H,23,25). The minimum Gasteiger partial charge on any atom is -0.379 e. The minimum atomic E-state index is -0.291. The van der Waals surface area contributed by atoms with Crippen LogP contribution in [0.5, 0.6) is 0 Å². The van der Waals surface area contributed by atoms with Gasteiger partial charge in [-0.15, -0.1) is 11.8 Å². The highest BCUT2D eigenvalue weighted by molar-refractivity contribution is 8.00. The van der Waals surface area contributed by atoms with E-state index < -0.39 is 0 Å². The summed E-state index contributed by atoms with van der Waals surface area (Å²) in [4.78, 5) is 15.1. The van der Waals surface area contributed by atoms with E-state index in [2.05, 4.69) is 41.4 Å². The maximum atomic E-state index is 13.7. The summed E-state index contributed by atoms with van der Waals surface area (Å²) in [5.41, 5.74) is 2.40. The zero-order valence-electron chi connectivity index (χ0n) is 15.5. The first kappa shape index (κ1) is 19.9. The summed E-state index contributed by atoms with van der Waals surface area (Å²) in [6.07, 6.45) is 0. The number of nitrogens with zero attached hydrogens (tertiary/aromatic N) is 1. The van der Waals surface area contributed by atoms with E-state index in [4.69, 9.17) is 4.74 Å². The molecule has 1 N–H and O–H groups in total. The third-order valence-electron chi connectivity index (χ3n) is 4.64. The number of hydrogen-bond acceptors (Lipinski definition) is 4. The van der Waals surface area contributed by atoms with Gasteiger partial charge in [0.2, 0.25) is 5.91 Å². The zero-order valence-corrected chi connectivity index (χ0v) is 16.3. The predicted molar refractivity (Wildman–Crippen MR) is 106 cm³/mol. The molecule has 3 rings (SSSR count). The van der Waals surface area contributed by atoms with Crippen molar-refractivity contribution in [3.8, 4) is 0 Å². The Morgan fingerprint density at radius 3 is 2.59 bits per heavy atom. The van der Waals surface area contributed by atoms with Gasteiger partial charge in [0.05, 0.1) is 25.0 Å². The third-order valence-corrected chi connectivity index (χ3v) is 5.69. The molecule has 1 fully saturated rings. The van der Waals surface area contributed by atoms with E-state index in [9.17, 15) is 9.18 Å². The lowest BCUT2D eigenvalue weighted by Gasteiger charge is -2.35. The molecule has 2 aromatic rings. The van der Waals surface area contributed by atoms with Crippen molar-refractivity contribution in [2.75, 3.05) is 38.6 Å². The Balaban J connectivity index is 1.59. The molecule has 2 aromatic carbocycles. The van der Waals surface area contributed by atoms with Crippen LogP contribution in [-0.4, -0.2) is 49.4 Å². The van der Waals surface area contributed by atoms with Gasteiger partial charge in [-0.3, -0.25) is 9.69 Å². The summed E-state index contributed by atoms with van der Waals surface area (Å²) < 4.78 is 19.1. The number of benzene rings is 2. The fourth-order valence-electron chi connectivity index (χ4n) is 3.10. The van der Waals surface area contributed by atoms with Gasteiger partial charge in [0.15, 0.2) is 0 Å². The average Bonchev–Trinajstić information content (AvgIpc) is 2.69. The Bertz CT molecular complexity index is 748. The number of ether oxygens (including phenoxy) is 1. The number of carbonyl (C=O) groups excluding carboxylic acids is 1. The maximum Gasteiger partial charge on any atom is 0.230 e. The van der Waals surface area contributed by atoms with Crippen LogP contribution in [0.25, 0.3) is 0 Å². The number of halogens is 1. The molecule has 27 heavy (non-hydrogen) atoms. The van der Waals surface area contributed by atoms with Gasteiger partial charge in [-0.05, 0) is 24.6 Å². The van der Waals surface area contributed by atoms with E-state index in [1.807, 2.05) is 0 Å². The number of nitrogens with one attached hydrogen (secondary N) is 1. The quantitative estimate of drug-likeness (QED) is 0.738. The van der Waals surface area contributed by atoms with Gasteiger partial charge in [0.25, 0.3) is 0 Å². The second-order valence-corrected chi connectivity index (χ2v) is 7.62. The van der Waals surface area contributed by atoms with Crippen molar-refractivity contribution < 1.29 is 13.9 Å². The van der Waals surface area contributed by atoms with E-state index in [0.717, 1.165) is 13.1 Å². The van der Waals surface area contributed by atoms with Crippen LogP contribution in [0.1, 0.15) is 17.2 Å². The van der Waals surface area contributed by atoms with E-state index in [1.165, 1.54) is 29.0 Å². The van der Waals surface area contributed by atoms with Gasteiger partial charge < -0.3 is 10.1 Å². The first-order valence-electron chi connectivity index (χ1n) is 9.16. The van der Waals surface area contributed by atoms with Crippen LogP contribution in [-0.2, 0) is 9.53 Å². The molecule has 4 nitrogen and oxygen atoms in total. The van der Waals surface area contributed by atoms with Crippen LogP contribution in [0, 0.1) is 12.7 Å².